The number of phenols is 2. The van der Waals surface area contributed by atoms with Gasteiger partial charge in [-0.1, -0.05) is 0 Å². The molecule has 0 spiro atoms. The van der Waals surface area contributed by atoms with Gasteiger partial charge in [0.05, 0.1) is 0 Å². The van der Waals surface area contributed by atoms with Crippen LogP contribution in [0.15, 0.2) is 21.9 Å². The topological polar surface area (TPSA) is 155 Å². The molecule has 1 aromatic carbocycles. The third-order valence-electron chi connectivity index (χ3n) is 1.57. The van der Waals surface area contributed by atoms with Crippen molar-refractivity contribution < 1.29 is 95.3 Å². The number of aromatic hydroxyl groups is 2. The van der Waals surface area contributed by atoms with Crippen molar-refractivity contribution in [2.75, 3.05) is 0 Å². The van der Waals surface area contributed by atoms with Crippen molar-refractivity contribution in [3.63, 3.8) is 0 Å². The molecule has 1 rings (SSSR count). The van der Waals surface area contributed by atoms with E-state index in [1.165, 1.54) is 0 Å². The first kappa shape index (κ1) is 20.9. The van der Waals surface area contributed by atoms with Crippen molar-refractivity contribution in [2.45, 2.75) is 9.79 Å². The molecule has 0 amide bonds. The summed E-state index contributed by atoms with van der Waals surface area (Å²) in [6, 6.07) is 1.16. The fourth-order valence-electron chi connectivity index (χ4n) is 1.03. The molecule has 90 valence electrons. The fourth-order valence-corrected chi connectivity index (χ4v) is 2.95. The predicted octanol–water partition coefficient (Wildman–Crippen LogP) is -7.09. The predicted molar refractivity (Wildman–Crippen MR) is 45.7 cm³/mol. The van der Waals surface area contributed by atoms with Crippen LogP contribution in [-0.2, 0) is 20.2 Å². The van der Waals surface area contributed by atoms with Crippen molar-refractivity contribution in [2.24, 2.45) is 0 Å². The standard InChI is InChI=1S/C6H6O8S2.2Na/c7-3-1-2-4(8)6(16(12,13)14)5(3)15(9,10)11;;/h1-2,7-8H,(H,9,10,11)(H,12,13,14);;/q;2*+1/p-2. The van der Waals surface area contributed by atoms with E-state index in [1.54, 1.807) is 0 Å². The minimum absolute atomic E-state index is 0. The normalized spacial score (nSPS) is 11.2. The van der Waals surface area contributed by atoms with Crippen LogP contribution in [0.3, 0.4) is 0 Å². The second-order valence-electron chi connectivity index (χ2n) is 2.67. The Labute approximate surface area is 147 Å². The summed E-state index contributed by atoms with van der Waals surface area (Å²) in [6.45, 7) is 0. The summed E-state index contributed by atoms with van der Waals surface area (Å²) in [5.74, 6) is -2.44. The largest absolute Gasteiger partial charge is 1.00 e. The van der Waals surface area contributed by atoms with E-state index in [0.29, 0.717) is 12.1 Å². The third-order valence-corrected chi connectivity index (χ3v) is 3.53. The molecule has 0 bridgehead atoms. The zero-order chi connectivity index (χ0) is 12.7. The van der Waals surface area contributed by atoms with Crippen molar-refractivity contribution in [3.05, 3.63) is 12.1 Å². The van der Waals surface area contributed by atoms with Crippen LogP contribution in [-0.4, -0.2) is 36.2 Å². The summed E-state index contributed by atoms with van der Waals surface area (Å²) in [6.07, 6.45) is 0. The molecule has 18 heavy (non-hydrogen) atoms. The van der Waals surface area contributed by atoms with Gasteiger partial charge in [0, 0.05) is 0 Å². The Morgan fingerprint density at radius 2 is 1.00 bits per heavy atom. The van der Waals surface area contributed by atoms with Crippen LogP contribution in [0, 0.1) is 0 Å². The van der Waals surface area contributed by atoms with Gasteiger partial charge < -0.3 is 19.3 Å². The Morgan fingerprint density at radius 3 is 1.17 bits per heavy atom. The summed E-state index contributed by atoms with van der Waals surface area (Å²) in [5, 5.41) is 18.0. The molecule has 0 aliphatic carbocycles. The molecule has 0 unspecified atom stereocenters. The maximum Gasteiger partial charge on any atom is 1.00 e. The van der Waals surface area contributed by atoms with E-state index in [2.05, 4.69) is 0 Å². The molecule has 12 heteroatoms. The summed E-state index contributed by atoms with van der Waals surface area (Å²) in [4.78, 5) is -3.30. The van der Waals surface area contributed by atoms with Gasteiger partial charge in [-0.05, 0) is 12.1 Å². The van der Waals surface area contributed by atoms with E-state index in [4.69, 9.17) is 10.2 Å². The van der Waals surface area contributed by atoms with Gasteiger partial charge in [0.1, 0.15) is 41.5 Å². The molecule has 8 nitrogen and oxygen atoms in total. The quantitative estimate of drug-likeness (QED) is 0.310. The maximum absolute atomic E-state index is 10.6. The molecule has 0 saturated carbocycles. The van der Waals surface area contributed by atoms with Gasteiger partial charge in [-0.2, -0.15) is 0 Å². The Kier molecular flexibility index (Phi) is 8.01. The number of hydrogen-bond acceptors (Lipinski definition) is 8. The second-order valence-corrected chi connectivity index (χ2v) is 5.30. The van der Waals surface area contributed by atoms with Crippen LogP contribution in [0.2, 0.25) is 0 Å². The molecule has 0 fully saturated rings. The minimum Gasteiger partial charge on any atom is -0.744 e. The van der Waals surface area contributed by atoms with Crippen LogP contribution in [0.25, 0.3) is 0 Å². The minimum atomic E-state index is -5.41. The van der Waals surface area contributed by atoms with Crippen LogP contribution in [0.5, 0.6) is 11.5 Å². The van der Waals surface area contributed by atoms with Crippen molar-refractivity contribution in [1.82, 2.24) is 0 Å². The third kappa shape index (κ3) is 4.63. The van der Waals surface area contributed by atoms with Crippen molar-refractivity contribution in [3.8, 4) is 11.5 Å². The van der Waals surface area contributed by atoms with E-state index in [-0.39, 0.29) is 59.1 Å². The van der Waals surface area contributed by atoms with Gasteiger partial charge in [0.2, 0.25) is 0 Å². The molecule has 1 aromatic rings. The van der Waals surface area contributed by atoms with Gasteiger partial charge in [0.15, 0.2) is 0 Å². The van der Waals surface area contributed by atoms with Crippen LogP contribution in [0.4, 0.5) is 0 Å². The van der Waals surface area contributed by atoms with E-state index < -0.39 is 41.5 Å². The molecule has 0 aromatic heterocycles. The summed E-state index contributed by atoms with van der Waals surface area (Å²) < 4.78 is 63.9. The Morgan fingerprint density at radius 1 is 0.778 bits per heavy atom. The maximum atomic E-state index is 10.6. The molecule has 0 saturated heterocycles. The summed E-state index contributed by atoms with van der Waals surface area (Å²) in [7, 11) is -10.8. The number of rotatable bonds is 2. The molecule has 0 radical (unpaired) electrons. The first-order chi connectivity index (χ1) is 7.05. The number of benzene rings is 1. The van der Waals surface area contributed by atoms with E-state index in [0.717, 1.165) is 0 Å². The van der Waals surface area contributed by atoms with E-state index in [9.17, 15) is 25.9 Å². The Balaban J connectivity index is 0. The second kappa shape index (κ2) is 6.88. The average Bonchev–Trinajstić information content (AvgIpc) is 2.04. The van der Waals surface area contributed by atoms with Crippen LogP contribution >= 0.6 is 0 Å². The SMILES string of the molecule is O=S(=O)([O-])c1c(O)ccc(O)c1S(=O)(=O)[O-].[Na+].[Na+]. The van der Waals surface area contributed by atoms with Gasteiger partial charge in [-0.15, -0.1) is 0 Å². The average molecular weight is 314 g/mol. The van der Waals surface area contributed by atoms with Crippen LogP contribution < -0.4 is 59.1 Å². The molecule has 2 N–H and O–H groups in total. The summed E-state index contributed by atoms with van der Waals surface area (Å²) in [5.41, 5.74) is 0. The monoisotopic (exact) mass is 314 g/mol. The molecule has 0 aliphatic heterocycles. The van der Waals surface area contributed by atoms with E-state index >= 15 is 0 Å². The van der Waals surface area contributed by atoms with E-state index in [1.807, 2.05) is 0 Å². The fraction of sp³-hybridized carbons (Fsp3) is 0. The zero-order valence-electron chi connectivity index (χ0n) is 9.32. The molecule has 0 aliphatic rings. The van der Waals surface area contributed by atoms with Gasteiger partial charge in [-0.3, -0.25) is 0 Å². The Bertz CT molecular complexity index is 579. The first-order valence-corrected chi connectivity index (χ1v) is 6.33. The first-order valence-electron chi connectivity index (χ1n) is 3.52. The van der Waals surface area contributed by atoms with Gasteiger partial charge >= 0.3 is 59.1 Å². The summed E-state index contributed by atoms with van der Waals surface area (Å²) >= 11 is 0. The molecular formula is C6H4Na2O8S2. The van der Waals surface area contributed by atoms with Gasteiger partial charge in [-0.25, -0.2) is 16.8 Å². The van der Waals surface area contributed by atoms with Crippen LogP contribution in [0.1, 0.15) is 0 Å². The molecule has 0 atom stereocenters. The number of hydrogen-bond donors (Lipinski definition) is 2. The molecule has 0 heterocycles. The Hall–Kier alpha value is 0.640. The van der Waals surface area contributed by atoms with Crippen molar-refractivity contribution >= 4 is 20.2 Å². The van der Waals surface area contributed by atoms with Crippen molar-refractivity contribution in [1.29, 1.82) is 0 Å². The molecular weight excluding hydrogens is 310 g/mol. The smallest absolute Gasteiger partial charge is 0.744 e. The number of phenolic OH excluding ortho intramolecular Hbond substituents is 2. The van der Waals surface area contributed by atoms with Gasteiger partial charge in [0.25, 0.3) is 0 Å². The zero-order valence-corrected chi connectivity index (χ0v) is 14.9.